The molecule has 1 heterocycles. The standard InChI is InChI=1S/C12H11ClN2O3/c1-18-7-10-6-11(12(16)17)14-15(10)9-4-2-8(13)3-5-9/h2-6H,7H2,1H3,(H,16,17). The number of halogens is 1. The molecule has 1 aromatic carbocycles. The van der Waals surface area contributed by atoms with E-state index in [-0.39, 0.29) is 12.3 Å². The molecule has 1 N–H and O–H groups in total. The first-order valence-electron chi connectivity index (χ1n) is 5.19. The molecule has 5 nitrogen and oxygen atoms in total. The highest BCUT2D eigenvalue weighted by Crippen LogP contribution is 2.16. The van der Waals surface area contributed by atoms with E-state index in [9.17, 15) is 4.79 Å². The number of aromatic nitrogens is 2. The maximum Gasteiger partial charge on any atom is 0.356 e. The number of hydrogen-bond donors (Lipinski definition) is 1. The molecule has 94 valence electrons. The fourth-order valence-electron chi connectivity index (χ4n) is 1.58. The van der Waals surface area contributed by atoms with Gasteiger partial charge in [0.2, 0.25) is 0 Å². The second-order valence-electron chi connectivity index (χ2n) is 3.65. The molecule has 18 heavy (non-hydrogen) atoms. The number of benzene rings is 1. The number of hydrogen-bond acceptors (Lipinski definition) is 3. The molecule has 0 saturated carbocycles. The van der Waals surface area contributed by atoms with Crippen LogP contribution in [-0.4, -0.2) is 28.0 Å². The Hall–Kier alpha value is -1.85. The van der Waals surface area contributed by atoms with E-state index in [4.69, 9.17) is 21.4 Å². The molecule has 0 bridgehead atoms. The average molecular weight is 267 g/mol. The van der Waals surface area contributed by atoms with Crippen LogP contribution in [-0.2, 0) is 11.3 Å². The van der Waals surface area contributed by atoms with Crippen molar-refractivity contribution in [2.75, 3.05) is 7.11 Å². The van der Waals surface area contributed by atoms with Crippen LogP contribution in [0.2, 0.25) is 5.02 Å². The second-order valence-corrected chi connectivity index (χ2v) is 4.08. The zero-order chi connectivity index (χ0) is 13.1. The summed E-state index contributed by atoms with van der Waals surface area (Å²) in [6.45, 7) is 0.281. The van der Waals surface area contributed by atoms with Crippen molar-refractivity contribution in [2.24, 2.45) is 0 Å². The molecule has 2 aromatic rings. The number of carboxylic acid groups (broad SMARTS) is 1. The third-order valence-corrected chi connectivity index (χ3v) is 2.62. The molecule has 0 amide bonds. The Morgan fingerprint density at radius 2 is 2.11 bits per heavy atom. The lowest BCUT2D eigenvalue weighted by atomic mass is 10.3. The Balaban J connectivity index is 2.47. The van der Waals surface area contributed by atoms with Gasteiger partial charge >= 0.3 is 5.97 Å². The number of methoxy groups -OCH3 is 1. The Kier molecular flexibility index (Phi) is 3.64. The lowest BCUT2D eigenvalue weighted by Crippen LogP contribution is -2.04. The largest absolute Gasteiger partial charge is 0.476 e. The van der Waals surface area contributed by atoms with Gasteiger partial charge in [-0.25, -0.2) is 9.48 Å². The van der Waals surface area contributed by atoms with Crippen LogP contribution in [0, 0.1) is 0 Å². The molecule has 0 saturated heterocycles. The van der Waals surface area contributed by atoms with Gasteiger partial charge in [0.15, 0.2) is 5.69 Å². The molecular weight excluding hydrogens is 256 g/mol. The van der Waals surface area contributed by atoms with Crippen LogP contribution < -0.4 is 0 Å². The van der Waals surface area contributed by atoms with E-state index in [1.54, 1.807) is 31.4 Å². The lowest BCUT2D eigenvalue weighted by molar-refractivity contribution is 0.0690. The first kappa shape index (κ1) is 12.6. The fourth-order valence-corrected chi connectivity index (χ4v) is 1.71. The van der Waals surface area contributed by atoms with Crippen molar-refractivity contribution in [2.45, 2.75) is 6.61 Å². The molecule has 0 aliphatic carbocycles. The molecule has 1 aromatic heterocycles. The molecule has 0 atom stereocenters. The summed E-state index contributed by atoms with van der Waals surface area (Å²) < 4.78 is 6.56. The van der Waals surface area contributed by atoms with Crippen LogP contribution >= 0.6 is 11.6 Å². The fraction of sp³-hybridized carbons (Fsp3) is 0.167. The zero-order valence-corrected chi connectivity index (χ0v) is 10.4. The number of nitrogens with zero attached hydrogens (tertiary/aromatic N) is 2. The number of ether oxygens (including phenoxy) is 1. The van der Waals surface area contributed by atoms with E-state index in [2.05, 4.69) is 5.10 Å². The Labute approximate surface area is 109 Å². The van der Waals surface area contributed by atoms with Crippen molar-refractivity contribution in [3.8, 4) is 5.69 Å². The van der Waals surface area contributed by atoms with E-state index in [0.29, 0.717) is 10.7 Å². The van der Waals surface area contributed by atoms with Gasteiger partial charge in [0, 0.05) is 12.1 Å². The van der Waals surface area contributed by atoms with Gasteiger partial charge in [-0.2, -0.15) is 5.10 Å². The van der Waals surface area contributed by atoms with Crippen molar-refractivity contribution < 1.29 is 14.6 Å². The van der Waals surface area contributed by atoms with Crippen LogP contribution in [0.4, 0.5) is 0 Å². The predicted molar refractivity (Wildman–Crippen MR) is 66.2 cm³/mol. The van der Waals surface area contributed by atoms with Gasteiger partial charge in [-0.1, -0.05) is 11.6 Å². The van der Waals surface area contributed by atoms with E-state index >= 15 is 0 Å². The van der Waals surface area contributed by atoms with Crippen LogP contribution in [0.1, 0.15) is 16.2 Å². The maximum atomic E-state index is 10.9. The highest BCUT2D eigenvalue weighted by molar-refractivity contribution is 6.30. The molecule has 0 fully saturated rings. The minimum Gasteiger partial charge on any atom is -0.476 e. The molecule has 0 radical (unpaired) electrons. The summed E-state index contributed by atoms with van der Waals surface area (Å²) in [5, 5.41) is 13.6. The van der Waals surface area contributed by atoms with Gasteiger partial charge in [-0.3, -0.25) is 0 Å². The topological polar surface area (TPSA) is 64.3 Å². The Morgan fingerprint density at radius 3 is 2.67 bits per heavy atom. The first-order valence-corrected chi connectivity index (χ1v) is 5.56. The summed E-state index contributed by atoms with van der Waals surface area (Å²) in [5.74, 6) is -1.07. The van der Waals surface area contributed by atoms with Crippen molar-refractivity contribution >= 4 is 17.6 Å². The minimum atomic E-state index is -1.07. The third kappa shape index (κ3) is 2.52. The van der Waals surface area contributed by atoms with Crippen molar-refractivity contribution in [3.63, 3.8) is 0 Å². The predicted octanol–water partition coefficient (Wildman–Crippen LogP) is 2.37. The quantitative estimate of drug-likeness (QED) is 0.923. The summed E-state index contributed by atoms with van der Waals surface area (Å²) in [4.78, 5) is 10.9. The average Bonchev–Trinajstić information content (AvgIpc) is 2.75. The molecule has 0 aliphatic heterocycles. The van der Waals surface area contributed by atoms with Crippen LogP contribution in [0.25, 0.3) is 5.69 Å². The van der Waals surface area contributed by atoms with Crippen molar-refractivity contribution in [1.82, 2.24) is 9.78 Å². The van der Waals surface area contributed by atoms with Crippen LogP contribution in [0.3, 0.4) is 0 Å². The minimum absolute atomic E-state index is 0.0167. The summed E-state index contributed by atoms with van der Waals surface area (Å²) in [6.07, 6.45) is 0. The van der Waals surface area contributed by atoms with Gasteiger partial charge in [0.05, 0.1) is 18.0 Å². The zero-order valence-electron chi connectivity index (χ0n) is 9.63. The summed E-state index contributed by atoms with van der Waals surface area (Å²) in [5.41, 5.74) is 1.38. The molecule has 2 rings (SSSR count). The van der Waals surface area contributed by atoms with E-state index in [1.165, 1.54) is 10.7 Å². The number of rotatable bonds is 4. The van der Waals surface area contributed by atoms with Crippen LogP contribution in [0.15, 0.2) is 30.3 Å². The third-order valence-electron chi connectivity index (χ3n) is 2.37. The summed E-state index contributed by atoms with van der Waals surface area (Å²) in [6, 6.07) is 8.45. The molecule has 6 heteroatoms. The summed E-state index contributed by atoms with van der Waals surface area (Å²) in [7, 11) is 1.54. The molecule has 0 aliphatic rings. The Bertz CT molecular complexity index is 563. The van der Waals surface area contributed by atoms with Crippen molar-refractivity contribution in [3.05, 3.63) is 46.7 Å². The van der Waals surface area contributed by atoms with E-state index < -0.39 is 5.97 Å². The number of carboxylic acids is 1. The van der Waals surface area contributed by atoms with Crippen LogP contribution in [0.5, 0.6) is 0 Å². The van der Waals surface area contributed by atoms with Gasteiger partial charge in [-0.05, 0) is 30.3 Å². The number of aromatic carboxylic acids is 1. The smallest absolute Gasteiger partial charge is 0.356 e. The molecule has 0 spiro atoms. The molecule has 0 unspecified atom stereocenters. The number of carbonyl (C=O) groups is 1. The van der Waals surface area contributed by atoms with Crippen molar-refractivity contribution in [1.29, 1.82) is 0 Å². The van der Waals surface area contributed by atoms with Gasteiger partial charge in [0.1, 0.15) is 0 Å². The summed E-state index contributed by atoms with van der Waals surface area (Å²) >= 11 is 5.81. The van der Waals surface area contributed by atoms with Gasteiger partial charge in [0.25, 0.3) is 0 Å². The highest BCUT2D eigenvalue weighted by atomic mass is 35.5. The monoisotopic (exact) mass is 266 g/mol. The highest BCUT2D eigenvalue weighted by Gasteiger charge is 2.14. The first-order chi connectivity index (χ1) is 8.61. The van der Waals surface area contributed by atoms with Gasteiger partial charge < -0.3 is 9.84 Å². The van der Waals surface area contributed by atoms with Gasteiger partial charge in [-0.15, -0.1) is 0 Å². The van der Waals surface area contributed by atoms with E-state index in [1.807, 2.05) is 0 Å². The normalized spacial score (nSPS) is 10.6. The van der Waals surface area contributed by atoms with E-state index in [0.717, 1.165) is 5.69 Å². The Morgan fingerprint density at radius 1 is 1.44 bits per heavy atom. The SMILES string of the molecule is COCc1cc(C(=O)O)nn1-c1ccc(Cl)cc1. The lowest BCUT2D eigenvalue weighted by Gasteiger charge is -2.06. The maximum absolute atomic E-state index is 10.9. The second kappa shape index (κ2) is 5.20. The molecular formula is C12H11ClN2O3.